The van der Waals surface area contributed by atoms with Gasteiger partial charge in [-0.05, 0) is 33.4 Å². The molecular weight excluding hydrogens is 265 g/mol. The third-order valence-corrected chi connectivity index (χ3v) is 3.63. The quantitative estimate of drug-likeness (QED) is 0.526. The Bertz CT molecular complexity index is 131. The molecule has 1 aliphatic carbocycles. The van der Waals surface area contributed by atoms with E-state index in [0.717, 1.165) is 0 Å². The summed E-state index contributed by atoms with van der Waals surface area (Å²) < 4.78 is 3.32. The fraction of sp³-hybridized carbons (Fsp3) is 1.00. The molecule has 0 bridgehead atoms. The molecule has 0 heterocycles. The molecule has 0 spiro atoms. The van der Waals surface area contributed by atoms with E-state index in [-0.39, 0.29) is 0 Å². The molecule has 3 unspecified atom stereocenters. The molecule has 1 rings (SSSR count). The summed E-state index contributed by atoms with van der Waals surface area (Å²) in [5, 5.41) is 6.72. The summed E-state index contributed by atoms with van der Waals surface area (Å²) in [4.78, 5) is 0. The van der Waals surface area contributed by atoms with E-state index in [1.165, 1.54) is 19.3 Å². The standard InChI is InChI=1S/C8H18IN3/c1-10-7-4-3-6(12-9)5-8(7)11-2/h6-8,10-12H,3-5H2,1-2H3. The van der Waals surface area contributed by atoms with Crippen molar-refractivity contribution in [3.63, 3.8) is 0 Å². The van der Waals surface area contributed by atoms with Crippen LogP contribution in [0.2, 0.25) is 0 Å². The van der Waals surface area contributed by atoms with Crippen LogP contribution in [-0.2, 0) is 0 Å². The summed E-state index contributed by atoms with van der Waals surface area (Å²) in [6, 6.07) is 1.96. The normalized spacial score (nSPS) is 36.8. The maximum Gasteiger partial charge on any atom is 0.0233 e. The Morgan fingerprint density at radius 3 is 2.25 bits per heavy atom. The molecule has 4 heteroatoms. The number of likely N-dealkylation sites (N-methyl/N-ethyl adjacent to an activating group) is 2. The molecule has 1 aliphatic rings. The first kappa shape index (κ1) is 10.7. The van der Waals surface area contributed by atoms with Crippen molar-refractivity contribution in [2.45, 2.75) is 37.4 Å². The Balaban J connectivity index is 2.41. The van der Waals surface area contributed by atoms with E-state index in [4.69, 9.17) is 0 Å². The van der Waals surface area contributed by atoms with Gasteiger partial charge in [0.05, 0.1) is 0 Å². The number of halogens is 1. The second kappa shape index (κ2) is 5.36. The maximum absolute atomic E-state index is 3.36. The molecule has 3 N–H and O–H groups in total. The van der Waals surface area contributed by atoms with Gasteiger partial charge in [-0.3, -0.25) is 3.53 Å². The van der Waals surface area contributed by atoms with Gasteiger partial charge in [-0.2, -0.15) is 0 Å². The highest BCUT2D eigenvalue weighted by Gasteiger charge is 2.27. The molecule has 0 aromatic carbocycles. The highest BCUT2D eigenvalue weighted by molar-refractivity contribution is 14.1. The second-order valence-corrected chi connectivity index (χ2v) is 4.03. The van der Waals surface area contributed by atoms with Crippen LogP contribution < -0.4 is 14.2 Å². The average Bonchev–Trinajstić information content (AvgIpc) is 2.16. The van der Waals surface area contributed by atoms with Crippen molar-refractivity contribution >= 4 is 22.9 Å². The van der Waals surface area contributed by atoms with Gasteiger partial charge in [0.15, 0.2) is 0 Å². The van der Waals surface area contributed by atoms with E-state index in [9.17, 15) is 0 Å². The molecule has 72 valence electrons. The van der Waals surface area contributed by atoms with Gasteiger partial charge in [0.2, 0.25) is 0 Å². The molecule has 0 amide bonds. The van der Waals surface area contributed by atoms with Gasteiger partial charge < -0.3 is 10.6 Å². The minimum atomic E-state index is 0.621. The fourth-order valence-electron chi connectivity index (χ4n) is 1.93. The summed E-state index contributed by atoms with van der Waals surface area (Å²) >= 11 is 2.25. The van der Waals surface area contributed by atoms with Crippen molar-refractivity contribution in [1.29, 1.82) is 0 Å². The topological polar surface area (TPSA) is 36.1 Å². The average molecular weight is 283 g/mol. The Morgan fingerprint density at radius 2 is 1.75 bits per heavy atom. The first-order valence-corrected chi connectivity index (χ1v) is 5.60. The number of nitrogens with one attached hydrogen (secondary N) is 3. The SMILES string of the molecule is CNC1CCC(NI)CC1NC. The Kier molecular flexibility index (Phi) is 4.78. The van der Waals surface area contributed by atoms with E-state index in [0.29, 0.717) is 18.1 Å². The Morgan fingerprint density at radius 1 is 1.08 bits per heavy atom. The van der Waals surface area contributed by atoms with Gasteiger partial charge in [0.25, 0.3) is 0 Å². The summed E-state index contributed by atoms with van der Waals surface area (Å²) in [6.07, 6.45) is 3.78. The number of hydrogen-bond acceptors (Lipinski definition) is 3. The van der Waals surface area contributed by atoms with Gasteiger partial charge >= 0.3 is 0 Å². The van der Waals surface area contributed by atoms with E-state index in [1.54, 1.807) is 0 Å². The zero-order chi connectivity index (χ0) is 8.97. The van der Waals surface area contributed by atoms with Crippen LogP contribution in [0, 0.1) is 0 Å². The van der Waals surface area contributed by atoms with Crippen molar-refractivity contribution in [1.82, 2.24) is 14.2 Å². The summed E-state index contributed by atoms with van der Waals surface area (Å²) in [5.41, 5.74) is 0. The first-order valence-electron chi connectivity index (χ1n) is 4.52. The Hall–Kier alpha value is 0.610. The number of hydrogen-bond donors (Lipinski definition) is 3. The smallest absolute Gasteiger partial charge is 0.0233 e. The highest BCUT2D eigenvalue weighted by Crippen LogP contribution is 2.19. The van der Waals surface area contributed by atoms with Crippen LogP contribution in [-0.4, -0.2) is 32.2 Å². The third kappa shape index (κ3) is 2.55. The third-order valence-electron chi connectivity index (χ3n) is 2.75. The van der Waals surface area contributed by atoms with Gasteiger partial charge in [0.1, 0.15) is 0 Å². The zero-order valence-electron chi connectivity index (χ0n) is 7.73. The summed E-state index contributed by atoms with van der Waals surface area (Å²) in [7, 11) is 4.09. The van der Waals surface area contributed by atoms with Crippen LogP contribution in [0.5, 0.6) is 0 Å². The molecular formula is C8H18IN3. The highest BCUT2D eigenvalue weighted by atomic mass is 127. The predicted molar refractivity (Wildman–Crippen MR) is 60.5 cm³/mol. The molecule has 1 saturated carbocycles. The Labute approximate surface area is 88.6 Å². The van der Waals surface area contributed by atoms with E-state index in [1.807, 2.05) is 14.1 Å². The molecule has 0 aliphatic heterocycles. The zero-order valence-corrected chi connectivity index (χ0v) is 9.89. The molecule has 0 aromatic rings. The van der Waals surface area contributed by atoms with Crippen molar-refractivity contribution in [3.8, 4) is 0 Å². The molecule has 12 heavy (non-hydrogen) atoms. The molecule has 0 radical (unpaired) electrons. The van der Waals surface area contributed by atoms with Crippen molar-refractivity contribution in [2.75, 3.05) is 14.1 Å². The van der Waals surface area contributed by atoms with Crippen LogP contribution in [0.1, 0.15) is 19.3 Å². The van der Waals surface area contributed by atoms with Crippen molar-refractivity contribution < 1.29 is 0 Å². The second-order valence-electron chi connectivity index (χ2n) is 3.41. The predicted octanol–water partition coefficient (Wildman–Crippen LogP) is 0.654. The first-order chi connectivity index (χ1) is 5.81. The van der Waals surface area contributed by atoms with Gasteiger partial charge in [0, 0.05) is 41.0 Å². The van der Waals surface area contributed by atoms with E-state index < -0.39 is 0 Å². The van der Waals surface area contributed by atoms with E-state index in [2.05, 4.69) is 37.0 Å². The van der Waals surface area contributed by atoms with Crippen molar-refractivity contribution in [2.24, 2.45) is 0 Å². The monoisotopic (exact) mass is 283 g/mol. The minimum absolute atomic E-state index is 0.621. The van der Waals surface area contributed by atoms with Gasteiger partial charge in [-0.15, -0.1) is 0 Å². The molecule has 1 fully saturated rings. The maximum atomic E-state index is 3.36. The summed E-state index contributed by atoms with van der Waals surface area (Å²) in [6.45, 7) is 0. The minimum Gasteiger partial charge on any atom is -0.315 e. The molecule has 3 atom stereocenters. The largest absolute Gasteiger partial charge is 0.315 e. The van der Waals surface area contributed by atoms with Crippen molar-refractivity contribution in [3.05, 3.63) is 0 Å². The van der Waals surface area contributed by atoms with Crippen LogP contribution in [0.15, 0.2) is 0 Å². The van der Waals surface area contributed by atoms with Crippen LogP contribution >= 0.6 is 22.9 Å². The van der Waals surface area contributed by atoms with Crippen LogP contribution in [0.4, 0.5) is 0 Å². The molecule has 0 aromatic heterocycles. The lowest BCUT2D eigenvalue weighted by Gasteiger charge is -2.35. The fourth-order valence-corrected chi connectivity index (χ4v) is 2.50. The van der Waals surface area contributed by atoms with E-state index >= 15 is 0 Å². The summed E-state index contributed by atoms with van der Waals surface area (Å²) in [5.74, 6) is 0. The van der Waals surface area contributed by atoms with Gasteiger partial charge in [-0.1, -0.05) is 0 Å². The van der Waals surface area contributed by atoms with Crippen LogP contribution in [0.3, 0.4) is 0 Å². The lowest BCUT2D eigenvalue weighted by Crippen LogP contribution is -2.51. The molecule has 0 saturated heterocycles. The van der Waals surface area contributed by atoms with Gasteiger partial charge in [-0.25, -0.2) is 0 Å². The lowest BCUT2D eigenvalue weighted by atomic mass is 9.87. The lowest BCUT2D eigenvalue weighted by molar-refractivity contribution is 0.279. The number of rotatable bonds is 3. The van der Waals surface area contributed by atoms with Crippen LogP contribution in [0.25, 0.3) is 0 Å². The molecule has 3 nitrogen and oxygen atoms in total.